The Labute approximate surface area is 306 Å². The quantitative estimate of drug-likeness (QED) is 0.160. The summed E-state index contributed by atoms with van der Waals surface area (Å²) in [5.74, 6) is 0. The zero-order valence-electron chi connectivity index (χ0n) is 29.8. The minimum Gasteiger partial charge on any atom is -0.310 e. The number of hydrogen-bond donors (Lipinski definition) is 0. The molecule has 52 heavy (non-hydrogen) atoms. The highest BCUT2D eigenvalue weighted by Gasteiger charge is 2.22. The maximum atomic E-state index is 2.44. The van der Waals surface area contributed by atoms with Crippen molar-refractivity contribution in [3.8, 4) is 33.4 Å². The second-order valence-electron chi connectivity index (χ2n) is 14.0. The predicted molar refractivity (Wildman–Crippen MR) is 224 cm³/mol. The SMILES string of the molecule is Cc1ccc(-c2cc(-c3ccccc3)c(-c3ccccc3)c3c4ccc(N(c5ccc(C)cc5)c5ccc(C)cc5)cc4c4ccccc4c23)cc1. The molecule has 0 radical (unpaired) electrons. The molecule has 0 atom stereocenters. The molecule has 9 rings (SSSR count). The van der Waals surface area contributed by atoms with Gasteiger partial charge in [-0.1, -0.05) is 156 Å². The third kappa shape index (κ3) is 5.52. The smallest absolute Gasteiger partial charge is 0.0468 e. The molecule has 0 aliphatic rings. The van der Waals surface area contributed by atoms with Crippen molar-refractivity contribution in [1.29, 1.82) is 0 Å². The summed E-state index contributed by atoms with van der Waals surface area (Å²) in [5.41, 5.74) is 14.5. The number of hydrogen-bond acceptors (Lipinski definition) is 1. The fourth-order valence-electron chi connectivity index (χ4n) is 7.83. The van der Waals surface area contributed by atoms with Crippen LogP contribution in [0.15, 0.2) is 182 Å². The highest BCUT2D eigenvalue weighted by molar-refractivity contribution is 6.33. The number of anilines is 3. The van der Waals surface area contributed by atoms with Crippen LogP contribution in [0.3, 0.4) is 0 Å². The van der Waals surface area contributed by atoms with Crippen LogP contribution in [0.4, 0.5) is 17.1 Å². The first-order chi connectivity index (χ1) is 25.5. The molecule has 0 saturated heterocycles. The van der Waals surface area contributed by atoms with Gasteiger partial charge in [-0.15, -0.1) is 0 Å². The van der Waals surface area contributed by atoms with Crippen LogP contribution >= 0.6 is 0 Å². The topological polar surface area (TPSA) is 3.24 Å². The van der Waals surface area contributed by atoms with Gasteiger partial charge in [0.25, 0.3) is 0 Å². The molecule has 0 aromatic heterocycles. The predicted octanol–water partition coefficient (Wildman–Crippen LogP) is 14.5. The largest absolute Gasteiger partial charge is 0.310 e. The molecule has 9 aromatic carbocycles. The van der Waals surface area contributed by atoms with Crippen molar-refractivity contribution >= 4 is 49.4 Å². The number of aryl methyl sites for hydroxylation is 3. The molecule has 0 N–H and O–H groups in total. The highest BCUT2D eigenvalue weighted by Crippen LogP contribution is 2.50. The Hall–Kier alpha value is -6.44. The normalized spacial score (nSPS) is 11.4. The number of benzene rings is 9. The van der Waals surface area contributed by atoms with E-state index in [0.717, 1.165) is 17.1 Å². The van der Waals surface area contributed by atoms with Crippen molar-refractivity contribution in [3.63, 3.8) is 0 Å². The standard InChI is InChI=1S/C51H39N/c1-34-18-24-38(25-19-34)47-33-46(37-12-6-4-7-13-37)49(39-14-8-5-9-15-39)51-45-31-30-42(32-48(45)43-16-10-11-17-44(43)50(47)51)52(40-26-20-35(2)21-27-40)41-28-22-36(3)23-29-41/h4-33H,1-3H3. The van der Waals surface area contributed by atoms with E-state index in [2.05, 4.69) is 208 Å². The zero-order valence-corrected chi connectivity index (χ0v) is 29.8. The van der Waals surface area contributed by atoms with Crippen LogP contribution in [-0.4, -0.2) is 0 Å². The van der Waals surface area contributed by atoms with Crippen LogP contribution < -0.4 is 4.90 Å². The first-order valence-corrected chi connectivity index (χ1v) is 18.1. The lowest BCUT2D eigenvalue weighted by Gasteiger charge is -2.27. The Bertz CT molecular complexity index is 2660. The molecule has 0 amide bonds. The molecule has 0 unspecified atom stereocenters. The monoisotopic (exact) mass is 665 g/mol. The molecule has 0 bridgehead atoms. The van der Waals surface area contributed by atoms with Crippen molar-refractivity contribution in [1.82, 2.24) is 0 Å². The van der Waals surface area contributed by atoms with E-state index in [9.17, 15) is 0 Å². The summed E-state index contributed by atoms with van der Waals surface area (Å²) in [4.78, 5) is 2.38. The molecule has 1 heteroatoms. The molecule has 248 valence electrons. The number of rotatable bonds is 6. The molecule has 0 aliphatic carbocycles. The number of nitrogens with zero attached hydrogens (tertiary/aromatic N) is 1. The van der Waals surface area contributed by atoms with Crippen molar-refractivity contribution < 1.29 is 0 Å². The fourth-order valence-corrected chi connectivity index (χ4v) is 7.83. The van der Waals surface area contributed by atoms with Crippen LogP contribution in [0.5, 0.6) is 0 Å². The Morgan fingerprint density at radius 2 is 0.769 bits per heavy atom. The van der Waals surface area contributed by atoms with E-state index in [0.29, 0.717) is 0 Å². The molecule has 0 aliphatic heterocycles. The second-order valence-corrected chi connectivity index (χ2v) is 14.0. The lowest BCUT2D eigenvalue weighted by atomic mass is 9.81. The zero-order chi connectivity index (χ0) is 35.2. The Balaban J connectivity index is 1.45. The molecule has 9 aromatic rings. The molecular weight excluding hydrogens is 627 g/mol. The van der Waals surface area contributed by atoms with Gasteiger partial charge in [-0.25, -0.2) is 0 Å². The maximum absolute atomic E-state index is 2.44. The summed E-state index contributed by atoms with van der Waals surface area (Å²) >= 11 is 0. The van der Waals surface area contributed by atoms with Crippen LogP contribution in [0, 0.1) is 20.8 Å². The van der Waals surface area contributed by atoms with Gasteiger partial charge in [-0.2, -0.15) is 0 Å². The minimum atomic E-state index is 1.13. The third-order valence-corrected chi connectivity index (χ3v) is 10.4. The minimum absolute atomic E-state index is 1.13. The molecule has 0 spiro atoms. The van der Waals surface area contributed by atoms with Crippen molar-refractivity contribution in [2.45, 2.75) is 20.8 Å². The average Bonchev–Trinajstić information content (AvgIpc) is 3.20. The summed E-state index contributed by atoms with van der Waals surface area (Å²) in [5, 5.41) is 7.55. The summed E-state index contributed by atoms with van der Waals surface area (Å²) in [6.45, 7) is 6.45. The van der Waals surface area contributed by atoms with Crippen LogP contribution in [0.25, 0.3) is 65.7 Å². The maximum Gasteiger partial charge on any atom is 0.0468 e. The highest BCUT2D eigenvalue weighted by atomic mass is 15.1. The average molecular weight is 666 g/mol. The first kappa shape index (κ1) is 31.5. The van der Waals surface area contributed by atoms with Gasteiger partial charge in [0.2, 0.25) is 0 Å². The molecule has 0 saturated carbocycles. The van der Waals surface area contributed by atoms with E-state index in [1.54, 1.807) is 0 Å². The Kier molecular flexibility index (Phi) is 7.90. The van der Waals surface area contributed by atoms with Gasteiger partial charge in [0.05, 0.1) is 0 Å². The molecule has 1 nitrogen and oxygen atoms in total. The Morgan fingerprint density at radius 1 is 0.308 bits per heavy atom. The van der Waals surface area contributed by atoms with Gasteiger partial charge in [-0.3, -0.25) is 0 Å². The van der Waals surface area contributed by atoms with Crippen molar-refractivity contribution in [2.75, 3.05) is 4.90 Å². The first-order valence-electron chi connectivity index (χ1n) is 18.1. The van der Waals surface area contributed by atoms with E-state index in [1.165, 1.54) is 82.4 Å². The van der Waals surface area contributed by atoms with Crippen molar-refractivity contribution in [2.24, 2.45) is 0 Å². The fraction of sp³-hybridized carbons (Fsp3) is 0.0588. The van der Waals surface area contributed by atoms with Gasteiger partial charge < -0.3 is 4.90 Å². The lowest BCUT2D eigenvalue weighted by molar-refractivity contribution is 1.27. The van der Waals surface area contributed by atoms with Gasteiger partial charge in [0.15, 0.2) is 0 Å². The van der Waals surface area contributed by atoms with E-state index in [-0.39, 0.29) is 0 Å². The summed E-state index contributed by atoms with van der Waals surface area (Å²) < 4.78 is 0. The van der Waals surface area contributed by atoms with Crippen LogP contribution in [-0.2, 0) is 0 Å². The Morgan fingerprint density at radius 3 is 1.37 bits per heavy atom. The van der Waals surface area contributed by atoms with E-state index in [4.69, 9.17) is 0 Å². The van der Waals surface area contributed by atoms with E-state index >= 15 is 0 Å². The van der Waals surface area contributed by atoms with Gasteiger partial charge >= 0.3 is 0 Å². The van der Waals surface area contributed by atoms with Gasteiger partial charge in [0.1, 0.15) is 0 Å². The van der Waals surface area contributed by atoms with Crippen molar-refractivity contribution in [3.05, 3.63) is 199 Å². The second kappa shape index (κ2) is 13.0. The van der Waals surface area contributed by atoms with Gasteiger partial charge in [-0.05, 0) is 129 Å². The van der Waals surface area contributed by atoms with E-state index in [1.807, 2.05) is 0 Å². The lowest BCUT2D eigenvalue weighted by Crippen LogP contribution is -2.10. The summed E-state index contributed by atoms with van der Waals surface area (Å²) in [7, 11) is 0. The number of fused-ring (bicyclic) bond motifs is 6. The van der Waals surface area contributed by atoms with Crippen LogP contribution in [0.2, 0.25) is 0 Å². The van der Waals surface area contributed by atoms with E-state index < -0.39 is 0 Å². The third-order valence-electron chi connectivity index (χ3n) is 10.4. The van der Waals surface area contributed by atoms with Crippen LogP contribution in [0.1, 0.15) is 16.7 Å². The summed E-state index contributed by atoms with van der Waals surface area (Å²) in [6, 6.07) is 67.1. The summed E-state index contributed by atoms with van der Waals surface area (Å²) in [6.07, 6.45) is 0. The molecule has 0 fully saturated rings. The molecular formula is C51H39N. The van der Waals surface area contributed by atoms with Gasteiger partial charge in [0, 0.05) is 17.1 Å². The molecule has 0 heterocycles.